The number of benzene rings is 2. The van der Waals surface area contributed by atoms with Crippen LogP contribution in [0.1, 0.15) is 27.4 Å². The van der Waals surface area contributed by atoms with Crippen LogP contribution >= 0.6 is 11.6 Å². The lowest BCUT2D eigenvalue weighted by molar-refractivity contribution is 0.0995. The van der Waals surface area contributed by atoms with Crippen LogP contribution in [0.15, 0.2) is 63.9 Å². The Labute approximate surface area is 159 Å². The summed E-state index contributed by atoms with van der Waals surface area (Å²) in [6.45, 7) is 3.94. The van der Waals surface area contributed by atoms with E-state index in [0.717, 1.165) is 16.8 Å². The Morgan fingerprint density at radius 2 is 1.81 bits per heavy atom. The van der Waals surface area contributed by atoms with E-state index in [1.54, 1.807) is 36.4 Å². The molecule has 1 heterocycles. The molecule has 0 spiro atoms. The number of furan rings is 1. The Bertz CT molecular complexity index is 963. The lowest BCUT2D eigenvalue weighted by Crippen LogP contribution is -2.12. The van der Waals surface area contributed by atoms with Crippen molar-refractivity contribution in [2.24, 2.45) is 0 Å². The highest BCUT2D eigenvalue weighted by Gasteiger charge is 2.15. The molecule has 0 saturated carbocycles. The van der Waals surface area contributed by atoms with Gasteiger partial charge in [-0.2, -0.15) is 0 Å². The maximum atomic E-state index is 12.4. The number of nitrogens with one attached hydrogen (secondary N) is 1. The van der Waals surface area contributed by atoms with Gasteiger partial charge in [-0.15, -0.1) is 0 Å². The minimum absolute atomic E-state index is 0.189. The van der Waals surface area contributed by atoms with Gasteiger partial charge in [0.15, 0.2) is 5.76 Å². The fraction of sp³-hybridized carbons (Fsp3) is 0.150. The van der Waals surface area contributed by atoms with Crippen molar-refractivity contribution in [2.45, 2.75) is 24.5 Å². The normalized spacial score (nSPS) is 12.0. The van der Waals surface area contributed by atoms with Crippen molar-refractivity contribution in [3.63, 3.8) is 0 Å². The van der Waals surface area contributed by atoms with Gasteiger partial charge in [-0.3, -0.25) is 9.00 Å². The summed E-state index contributed by atoms with van der Waals surface area (Å²) in [5.74, 6) is 0.541. The average Bonchev–Trinajstić information content (AvgIpc) is 3.08. The third-order valence-electron chi connectivity index (χ3n) is 4.09. The van der Waals surface area contributed by atoms with Gasteiger partial charge in [0.2, 0.25) is 0 Å². The van der Waals surface area contributed by atoms with Crippen LogP contribution in [0.4, 0.5) is 5.69 Å². The third kappa shape index (κ3) is 4.23. The second-order valence-electron chi connectivity index (χ2n) is 5.91. The summed E-state index contributed by atoms with van der Waals surface area (Å²) in [6, 6.07) is 15.8. The van der Waals surface area contributed by atoms with E-state index in [9.17, 15) is 9.00 Å². The number of hydrogen-bond acceptors (Lipinski definition) is 3. The predicted molar refractivity (Wildman–Crippen MR) is 104 cm³/mol. The molecule has 0 radical (unpaired) electrons. The van der Waals surface area contributed by atoms with Gasteiger partial charge in [0.25, 0.3) is 5.91 Å². The quantitative estimate of drug-likeness (QED) is 0.661. The van der Waals surface area contributed by atoms with Crippen molar-refractivity contribution in [2.75, 3.05) is 5.32 Å². The van der Waals surface area contributed by atoms with Crippen molar-refractivity contribution in [1.82, 2.24) is 0 Å². The smallest absolute Gasteiger partial charge is 0.291 e. The van der Waals surface area contributed by atoms with E-state index >= 15 is 0 Å². The molecule has 26 heavy (non-hydrogen) atoms. The lowest BCUT2D eigenvalue weighted by atomic mass is 10.1. The maximum absolute atomic E-state index is 12.4. The Morgan fingerprint density at radius 1 is 1.08 bits per heavy atom. The first kappa shape index (κ1) is 18.4. The molecule has 0 aliphatic heterocycles. The molecule has 0 bridgehead atoms. The van der Waals surface area contributed by atoms with Gasteiger partial charge in [-0.1, -0.05) is 23.7 Å². The van der Waals surface area contributed by atoms with E-state index in [-0.39, 0.29) is 17.4 Å². The van der Waals surface area contributed by atoms with Gasteiger partial charge in [0.05, 0.1) is 16.6 Å². The van der Waals surface area contributed by atoms with Gasteiger partial charge in [0.1, 0.15) is 5.76 Å². The summed E-state index contributed by atoms with van der Waals surface area (Å²) in [4.78, 5) is 13.0. The molecule has 1 N–H and O–H groups in total. The molecule has 3 aromatic rings. The highest BCUT2D eigenvalue weighted by molar-refractivity contribution is 7.84. The highest BCUT2D eigenvalue weighted by Crippen LogP contribution is 2.21. The molecule has 0 saturated heterocycles. The van der Waals surface area contributed by atoms with Crippen LogP contribution in [0.3, 0.4) is 0 Å². The van der Waals surface area contributed by atoms with Crippen molar-refractivity contribution < 1.29 is 13.4 Å². The number of aryl methyl sites for hydroxylation is 1. The first-order valence-electron chi connectivity index (χ1n) is 8.04. The molecule has 0 fully saturated rings. The minimum atomic E-state index is -1.27. The van der Waals surface area contributed by atoms with E-state index in [2.05, 4.69) is 5.32 Å². The van der Waals surface area contributed by atoms with Gasteiger partial charge < -0.3 is 9.73 Å². The van der Waals surface area contributed by atoms with Gasteiger partial charge in [-0.05, 0) is 67.4 Å². The summed E-state index contributed by atoms with van der Waals surface area (Å²) < 4.78 is 18.0. The molecule has 2 aromatic carbocycles. The highest BCUT2D eigenvalue weighted by atomic mass is 35.5. The van der Waals surface area contributed by atoms with Crippen LogP contribution in [0, 0.1) is 13.8 Å². The van der Waals surface area contributed by atoms with Crippen LogP contribution < -0.4 is 5.32 Å². The average molecular weight is 388 g/mol. The van der Waals surface area contributed by atoms with Crippen LogP contribution in [-0.4, -0.2) is 10.1 Å². The molecule has 1 amide bonds. The summed E-state index contributed by atoms with van der Waals surface area (Å²) in [5, 5.41) is 3.44. The van der Waals surface area contributed by atoms with Gasteiger partial charge in [0, 0.05) is 15.6 Å². The fourth-order valence-electron chi connectivity index (χ4n) is 2.45. The monoisotopic (exact) mass is 387 g/mol. The topological polar surface area (TPSA) is 59.3 Å². The lowest BCUT2D eigenvalue weighted by Gasteiger charge is -2.09. The summed E-state index contributed by atoms with van der Waals surface area (Å²) in [5.41, 5.74) is 2.86. The number of carbonyl (C=O) groups excluding carboxylic acids is 1. The molecule has 1 aromatic heterocycles. The summed E-state index contributed by atoms with van der Waals surface area (Å²) in [7, 11) is -1.27. The molecule has 6 heteroatoms. The molecule has 0 aliphatic carbocycles. The minimum Gasteiger partial charge on any atom is -0.455 e. The summed E-state index contributed by atoms with van der Waals surface area (Å²) >= 11 is 5.84. The van der Waals surface area contributed by atoms with E-state index in [1.807, 2.05) is 32.0 Å². The zero-order valence-electron chi connectivity index (χ0n) is 14.4. The van der Waals surface area contributed by atoms with Crippen molar-refractivity contribution in [3.05, 3.63) is 82.3 Å². The fourth-order valence-corrected chi connectivity index (χ4v) is 3.59. The second kappa shape index (κ2) is 7.89. The molecule has 0 unspecified atom stereocenters. The molecule has 1 atom stereocenters. The van der Waals surface area contributed by atoms with Gasteiger partial charge in [-0.25, -0.2) is 0 Å². The number of anilines is 1. The van der Waals surface area contributed by atoms with Crippen LogP contribution in [0.2, 0.25) is 5.02 Å². The van der Waals surface area contributed by atoms with Crippen LogP contribution in [-0.2, 0) is 16.6 Å². The second-order valence-corrected chi connectivity index (χ2v) is 7.80. The predicted octanol–water partition coefficient (Wildman–Crippen LogP) is 5.11. The number of hydrogen-bond donors (Lipinski definition) is 1. The number of rotatable bonds is 5. The Hall–Kier alpha value is -2.37. The largest absolute Gasteiger partial charge is 0.455 e. The molecular formula is C20H18ClNO3S. The van der Waals surface area contributed by atoms with E-state index < -0.39 is 10.8 Å². The molecule has 4 nitrogen and oxygen atoms in total. The first-order chi connectivity index (χ1) is 12.4. The number of amides is 1. The summed E-state index contributed by atoms with van der Waals surface area (Å²) in [6.07, 6.45) is 0. The molecule has 3 rings (SSSR count). The third-order valence-corrected chi connectivity index (χ3v) is 5.68. The van der Waals surface area contributed by atoms with Crippen molar-refractivity contribution in [1.29, 1.82) is 0 Å². The van der Waals surface area contributed by atoms with Crippen LogP contribution in [0.25, 0.3) is 0 Å². The SMILES string of the molecule is Cc1cccc(NC(=O)c2ccc(C[S@@](=O)c3ccc(Cl)cc3)o2)c1C. The standard InChI is InChI=1S/C20H18ClNO3S/c1-13-4-3-5-18(14(13)2)22-20(23)19-11-8-16(25-19)12-26(24)17-9-6-15(21)7-10-17/h3-11H,12H2,1-2H3,(H,22,23)/t26-/m1/s1. The van der Waals surface area contributed by atoms with E-state index in [4.69, 9.17) is 16.0 Å². The zero-order valence-corrected chi connectivity index (χ0v) is 16.0. The number of carbonyl (C=O) groups is 1. The van der Waals surface area contributed by atoms with Gasteiger partial charge >= 0.3 is 0 Å². The Balaban J connectivity index is 1.69. The number of halogens is 1. The molecule has 0 aliphatic rings. The van der Waals surface area contributed by atoms with Crippen molar-refractivity contribution in [3.8, 4) is 0 Å². The maximum Gasteiger partial charge on any atom is 0.291 e. The van der Waals surface area contributed by atoms with E-state index in [0.29, 0.717) is 15.7 Å². The van der Waals surface area contributed by atoms with E-state index in [1.165, 1.54) is 0 Å². The van der Waals surface area contributed by atoms with Crippen LogP contribution in [0.5, 0.6) is 0 Å². The van der Waals surface area contributed by atoms with Crippen molar-refractivity contribution >= 4 is 34.0 Å². The molecular weight excluding hydrogens is 370 g/mol. The zero-order chi connectivity index (χ0) is 18.7. The molecule has 134 valence electrons. The Morgan fingerprint density at radius 3 is 2.54 bits per heavy atom. The first-order valence-corrected chi connectivity index (χ1v) is 9.74. The Kier molecular flexibility index (Phi) is 5.59.